The highest BCUT2D eigenvalue weighted by Gasteiger charge is 1.90. The van der Waals surface area contributed by atoms with E-state index in [0.717, 1.165) is 12.2 Å². The highest BCUT2D eigenvalue weighted by molar-refractivity contribution is 8.13. The molecule has 0 radical (unpaired) electrons. The zero-order valence-electron chi connectivity index (χ0n) is 5.44. The van der Waals surface area contributed by atoms with Crippen LogP contribution >= 0.6 is 11.8 Å². The Bertz CT molecular complexity index is 74.8. The zero-order chi connectivity index (χ0) is 6.41. The van der Waals surface area contributed by atoms with E-state index in [9.17, 15) is 4.79 Å². The van der Waals surface area contributed by atoms with Crippen LogP contribution in [0.25, 0.3) is 0 Å². The van der Waals surface area contributed by atoms with Crippen molar-refractivity contribution in [2.75, 3.05) is 5.75 Å². The fraction of sp³-hybridized carbons (Fsp3) is 0.800. The first kappa shape index (κ1) is 8.08. The van der Waals surface area contributed by atoms with Gasteiger partial charge < -0.3 is 0 Å². The summed E-state index contributed by atoms with van der Waals surface area (Å²) in [5.41, 5.74) is 0. The van der Waals surface area contributed by atoms with Gasteiger partial charge in [-0.15, -0.1) is 0 Å². The molecule has 0 heterocycles. The number of hydrogen-bond donors (Lipinski definition) is 0. The van der Waals surface area contributed by atoms with Crippen LogP contribution < -0.4 is 0 Å². The van der Waals surface area contributed by atoms with Crippen molar-refractivity contribution in [2.45, 2.75) is 19.7 Å². The van der Waals surface area contributed by atoms with Crippen molar-refractivity contribution in [1.82, 2.24) is 0 Å². The molecule has 1 nitrogen and oxygen atoms in total. The van der Waals surface area contributed by atoms with Gasteiger partial charge in [-0.2, -0.15) is 0 Å². The molecular weight excluding hydrogens is 119 g/mol. The first-order valence-electron chi connectivity index (χ1n) is 2.90. The van der Waals surface area contributed by atoms with Gasteiger partial charge in [0.05, 0.1) is 0 Å². The Morgan fingerprint density at radius 1 is 1.75 bits per heavy atom. The largest absolute Gasteiger partial charge is 0.288 e. The summed E-state index contributed by atoms with van der Waals surface area (Å²) >= 11 is 1.42. The molecule has 0 aromatic carbocycles. The minimum absolute atomic E-state index is 0.235. The van der Waals surface area contributed by atoms with Gasteiger partial charge in [0, 0.05) is 12.7 Å². The summed E-state index contributed by atoms with van der Waals surface area (Å²) in [5, 5.41) is 0.235. The molecule has 0 unspecified atom stereocenters. The molecule has 0 spiro atoms. The van der Waals surface area contributed by atoms with E-state index in [-0.39, 0.29) is 5.12 Å². The second-order valence-corrected chi connectivity index (χ2v) is 2.97. The number of carbonyl (C=O) groups excluding carboxylic acids is 1. The Morgan fingerprint density at radius 3 is 2.75 bits per heavy atom. The molecule has 0 rings (SSSR count). The summed E-state index contributed by atoms with van der Waals surface area (Å²) in [6.45, 7) is 1.61. The normalized spacial score (nSPS) is 9.12. The van der Waals surface area contributed by atoms with E-state index in [4.69, 9.17) is 0 Å². The van der Waals surface area contributed by atoms with Gasteiger partial charge in [-0.1, -0.05) is 24.5 Å². The van der Waals surface area contributed by atoms with Gasteiger partial charge in [-0.05, 0) is 0 Å². The van der Waals surface area contributed by atoms with Gasteiger partial charge in [-0.25, -0.2) is 0 Å². The highest BCUT2D eigenvalue weighted by Crippen LogP contribution is 2.03. The van der Waals surface area contributed by atoms with Crippen LogP contribution in [0.2, 0.25) is 6.32 Å². The van der Waals surface area contributed by atoms with Gasteiger partial charge in [-0.3, -0.25) is 4.79 Å². The molecule has 8 heavy (non-hydrogen) atoms. The monoisotopic (exact) mass is 130 g/mol. The molecule has 46 valence electrons. The van der Waals surface area contributed by atoms with Crippen molar-refractivity contribution < 1.29 is 4.79 Å². The average molecular weight is 130 g/mol. The van der Waals surface area contributed by atoms with Crippen LogP contribution in [0.5, 0.6) is 0 Å². The number of rotatable bonds is 3. The predicted molar refractivity (Wildman–Crippen MR) is 41.1 cm³/mol. The van der Waals surface area contributed by atoms with Crippen molar-refractivity contribution in [3.63, 3.8) is 0 Å². The predicted octanol–water partition coefficient (Wildman–Crippen LogP) is 0.708. The van der Waals surface area contributed by atoms with E-state index in [0.29, 0.717) is 0 Å². The lowest BCUT2D eigenvalue weighted by molar-refractivity contribution is -0.109. The van der Waals surface area contributed by atoms with Crippen LogP contribution in [0.1, 0.15) is 13.3 Å². The van der Waals surface area contributed by atoms with E-state index in [2.05, 4.69) is 7.85 Å². The summed E-state index contributed by atoms with van der Waals surface area (Å²) in [5.74, 6) is 0.992. The molecule has 0 saturated carbocycles. The van der Waals surface area contributed by atoms with Crippen LogP contribution in [0.15, 0.2) is 0 Å². The molecule has 0 aromatic rings. The molecule has 0 aliphatic carbocycles. The summed E-state index contributed by atoms with van der Waals surface area (Å²) in [6.07, 6.45) is 2.34. The van der Waals surface area contributed by atoms with Crippen LogP contribution in [-0.4, -0.2) is 18.7 Å². The van der Waals surface area contributed by atoms with Crippen molar-refractivity contribution in [3.8, 4) is 0 Å². The van der Waals surface area contributed by atoms with Crippen LogP contribution in [0.3, 0.4) is 0 Å². The Hall–Kier alpha value is 0.0849. The SMILES string of the molecule is BCCCSC(C)=O. The molecule has 0 N–H and O–H groups in total. The lowest BCUT2D eigenvalue weighted by atomic mass is 10.0. The number of hydrogen-bond acceptors (Lipinski definition) is 2. The van der Waals surface area contributed by atoms with Crippen molar-refractivity contribution in [3.05, 3.63) is 0 Å². The molecule has 0 amide bonds. The Balaban J connectivity index is 2.82. The molecule has 0 saturated heterocycles. The van der Waals surface area contributed by atoms with E-state index in [1.807, 2.05) is 0 Å². The van der Waals surface area contributed by atoms with Gasteiger partial charge in [0.15, 0.2) is 5.12 Å². The smallest absolute Gasteiger partial charge is 0.185 e. The standard InChI is InChI=1S/C5H11BOS/c1-5(7)8-4-2-3-6/h2-4,6H2,1H3. The summed E-state index contributed by atoms with van der Waals surface area (Å²) < 4.78 is 0. The first-order chi connectivity index (χ1) is 3.77. The van der Waals surface area contributed by atoms with Gasteiger partial charge in [0.1, 0.15) is 7.85 Å². The highest BCUT2D eigenvalue weighted by atomic mass is 32.2. The zero-order valence-corrected chi connectivity index (χ0v) is 6.25. The summed E-state index contributed by atoms with van der Waals surface area (Å²) in [6, 6.07) is 0. The van der Waals surface area contributed by atoms with E-state index in [1.54, 1.807) is 6.92 Å². The molecule has 3 heteroatoms. The second-order valence-electron chi connectivity index (χ2n) is 1.69. The Labute approximate surface area is 55.6 Å². The molecule has 0 aliphatic heterocycles. The Kier molecular flexibility index (Phi) is 5.28. The van der Waals surface area contributed by atoms with E-state index >= 15 is 0 Å². The van der Waals surface area contributed by atoms with Gasteiger partial charge in [0.25, 0.3) is 0 Å². The molecular formula is C5H11BOS. The molecule has 0 aliphatic rings. The molecule has 0 aromatic heterocycles. The molecule has 0 bridgehead atoms. The van der Waals surface area contributed by atoms with Crippen molar-refractivity contribution in [2.24, 2.45) is 0 Å². The summed E-state index contributed by atoms with van der Waals surface area (Å²) in [4.78, 5) is 10.3. The summed E-state index contributed by atoms with van der Waals surface area (Å²) in [7, 11) is 2.13. The van der Waals surface area contributed by atoms with Gasteiger partial charge in [0.2, 0.25) is 0 Å². The maximum Gasteiger partial charge on any atom is 0.185 e. The quantitative estimate of drug-likeness (QED) is 0.413. The third-order valence-corrected chi connectivity index (χ3v) is 1.70. The fourth-order valence-corrected chi connectivity index (χ4v) is 1.08. The fourth-order valence-electron chi connectivity index (χ4n) is 0.360. The number of thioether (sulfide) groups is 1. The lowest BCUT2D eigenvalue weighted by Gasteiger charge is -1.90. The maximum atomic E-state index is 10.3. The second kappa shape index (κ2) is 5.23. The molecule has 0 fully saturated rings. The minimum Gasteiger partial charge on any atom is -0.288 e. The van der Waals surface area contributed by atoms with Gasteiger partial charge >= 0.3 is 0 Å². The third kappa shape index (κ3) is 6.08. The van der Waals surface area contributed by atoms with Crippen molar-refractivity contribution in [1.29, 1.82) is 0 Å². The van der Waals surface area contributed by atoms with E-state index < -0.39 is 0 Å². The molecule has 0 atom stereocenters. The Morgan fingerprint density at radius 2 is 2.38 bits per heavy atom. The van der Waals surface area contributed by atoms with Crippen LogP contribution in [0, 0.1) is 0 Å². The topological polar surface area (TPSA) is 17.1 Å². The minimum atomic E-state index is 0.235. The lowest BCUT2D eigenvalue weighted by Crippen LogP contribution is -1.84. The average Bonchev–Trinajstić information content (AvgIpc) is 1.66. The van der Waals surface area contributed by atoms with Crippen LogP contribution in [0.4, 0.5) is 0 Å². The van der Waals surface area contributed by atoms with Crippen molar-refractivity contribution >= 4 is 24.7 Å². The third-order valence-electron chi connectivity index (χ3n) is 0.803. The first-order valence-corrected chi connectivity index (χ1v) is 3.89. The maximum absolute atomic E-state index is 10.3. The number of carbonyl (C=O) groups is 1. The van der Waals surface area contributed by atoms with Crippen LogP contribution in [-0.2, 0) is 4.79 Å². The van der Waals surface area contributed by atoms with E-state index in [1.165, 1.54) is 18.1 Å².